The molecule has 3 saturated carbocycles. The first-order valence-corrected chi connectivity index (χ1v) is 9.88. The first-order chi connectivity index (χ1) is 12.1. The van der Waals surface area contributed by atoms with E-state index in [1.807, 2.05) is 13.8 Å². The third-order valence-corrected chi connectivity index (χ3v) is 8.67. The molecule has 5 nitrogen and oxygen atoms in total. The smallest absolute Gasteiger partial charge is 0.426 e. The van der Waals surface area contributed by atoms with Crippen LogP contribution in [-0.4, -0.2) is 34.9 Å². The number of ether oxygens (including phenoxy) is 2. The average Bonchev–Trinajstić information content (AvgIpc) is 2.85. The van der Waals surface area contributed by atoms with Crippen LogP contribution >= 0.6 is 0 Å². The minimum Gasteiger partial charge on any atom is -0.426 e. The number of Topliss-reactive ketones (excluding diaryl/α,β-unsaturated/α-hetero) is 1. The molecule has 1 N–H and O–H groups in total. The van der Waals surface area contributed by atoms with E-state index < -0.39 is 35.3 Å². The highest BCUT2D eigenvalue weighted by molar-refractivity contribution is 5.94. The van der Waals surface area contributed by atoms with Crippen molar-refractivity contribution in [3.8, 4) is 0 Å². The Labute approximate surface area is 154 Å². The molecule has 9 atom stereocenters. The number of carbonyl (C=O) groups excluding carboxylic acids is 2. The molecule has 2 bridgehead atoms. The Morgan fingerprint density at radius 2 is 1.92 bits per heavy atom. The zero-order valence-corrected chi connectivity index (χ0v) is 16.1. The van der Waals surface area contributed by atoms with Crippen molar-refractivity contribution in [1.29, 1.82) is 0 Å². The van der Waals surface area contributed by atoms with Gasteiger partial charge < -0.3 is 14.6 Å². The third-order valence-electron chi connectivity index (χ3n) is 8.67. The van der Waals surface area contributed by atoms with E-state index in [-0.39, 0.29) is 29.0 Å². The van der Waals surface area contributed by atoms with Gasteiger partial charge in [0.15, 0.2) is 17.5 Å². The van der Waals surface area contributed by atoms with E-state index in [1.54, 1.807) is 0 Å². The Bertz CT molecular complexity index is 754. The van der Waals surface area contributed by atoms with E-state index in [4.69, 9.17) is 9.47 Å². The Balaban J connectivity index is 1.78. The highest BCUT2D eigenvalue weighted by Crippen LogP contribution is 2.73. The highest BCUT2D eigenvalue weighted by Gasteiger charge is 2.79. The van der Waals surface area contributed by atoms with Crippen LogP contribution in [0.25, 0.3) is 0 Å². The van der Waals surface area contributed by atoms with Crippen molar-refractivity contribution in [2.75, 3.05) is 0 Å². The third kappa shape index (κ3) is 1.55. The topological polar surface area (TPSA) is 72.8 Å². The molecule has 2 spiro atoms. The van der Waals surface area contributed by atoms with Crippen molar-refractivity contribution in [2.45, 2.75) is 65.3 Å². The van der Waals surface area contributed by atoms with Crippen LogP contribution in [0.3, 0.4) is 0 Å². The standard InChI is InChI=1S/C21H28O5/c1-9-7-20-10(2)6-12-14(19(12,4)5)13(16(20)23)15(22)11(3)17-21(20,8-9)26-18(24)25-17/h7,10-15,17,22H,6,8H2,1-5H3/t10-,11+,12?,13?,14?,15-,17-,20+,21-/m1/s1. The molecule has 5 rings (SSSR count). The number of aliphatic hydroxyl groups excluding tert-OH is 1. The molecule has 0 radical (unpaired) electrons. The number of hydrogen-bond acceptors (Lipinski definition) is 5. The Morgan fingerprint density at radius 3 is 2.62 bits per heavy atom. The van der Waals surface area contributed by atoms with Gasteiger partial charge in [-0.3, -0.25) is 4.79 Å². The number of carbonyl (C=O) groups is 2. The molecule has 4 aliphatic carbocycles. The Hall–Kier alpha value is -1.36. The molecule has 26 heavy (non-hydrogen) atoms. The van der Waals surface area contributed by atoms with Gasteiger partial charge in [0.2, 0.25) is 0 Å². The summed E-state index contributed by atoms with van der Waals surface area (Å²) >= 11 is 0. The number of ketones is 1. The van der Waals surface area contributed by atoms with Crippen molar-refractivity contribution >= 4 is 11.9 Å². The van der Waals surface area contributed by atoms with Gasteiger partial charge in [-0.1, -0.05) is 39.3 Å². The second kappa shape index (κ2) is 4.54. The van der Waals surface area contributed by atoms with Gasteiger partial charge in [-0.2, -0.15) is 0 Å². The fourth-order valence-corrected chi connectivity index (χ4v) is 7.45. The van der Waals surface area contributed by atoms with Crippen molar-refractivity contribution in [3.63, 3.8) is 0 Å². The summed E-state index contributed by atoms with van der Waals surface area (Å²) in [6.45, 7) is 10.5. The quantitative estimate of drug-likeness (QED) is 0.531. The van der Waals surface area contributed by atoms with Gasteiger partial charge in [0.25, 0.3) is 0 Å². The van der Waals surface area contributed by atoms with E-state index in [9.17, 15) is 14.7 Å². The summed E-state index contributed by atoms with van der Waals surface area (Å²) < 4.78 is 11.5. The van der Waals surface area contributed by atoms with E-state index >= 15 is 0 Å². The van der Waals surface area contributed by atoms with Crippen LogP contribution in [-0.2, 0) is 14.3 Å². The lowest BCUT2D eigenvalue weighted by molar-refractivity contribution is -0.149. The van der Waals surface area contributed by atoms with Gasteiger partial charge in [0.1, 0.15) is 0 Å². The summed E-state index contributed by atoms with van der Waals surface area (Å²) in [5.74, 6) is -0.0223. The van der Waals surface area contributed by atoms with E-state index in [0.29, 0.717) is 12.3 Å². The second-order valence-electron chi connectivity index (χ2n) is 10.1. The largest absolute Gasteiger partial charge is 0.509 e. The molecule has 0 aromatic carbocycles. The average molecular weight is 360 g/mol. The minimum absolute atomic E-state index is 0.0428. The number of aliphatic hydroxyl groups is 1. The van der Waals surface area contributed by atoms with Crippen LogP contribution in [0.4, 0.5) is 4.79 Å². The zero-order chi connectivity index (χ0) is 18.8. The van der Waals surface area contributed by atoms with Crippen LogP contribution in [0.1, 0.15) is 47.5 Å². The highest BCUT2D eigenvalue weighted by atomic mass is 16.8. The van der Waals surface area contributed by atoms with Gasteiger partial charge in [0.05, 0.1) is 11.5 Å². The number of hydrogen-bond donors (Lipinski definition) is 1. The fourth-order valence-electron chi connectivity index (χ4n) is 7.45. The molecule has 0 amide bonds. The maximum Gasteiger partial charge on any atom is 0.509 e. The lowest BCUT2D eigenvalue weighted by Gasteiger charge is -2.45. The summed E-state index contributed by atoms with van der Waals surface area (Å²) in [5.41, 5.74) is -0.738. The Morgan fingerprint density at radius 1 is 1.23 bits per heavy atom. The lowest BCUT2D eigenvalue weighted by Crippen LogP contribution is -2.59. The minimum atomic E-state index is -0.999. The van der Waals surface area contributed by atoms with Gasteiger partial charge in [0, 0.05) is 18.3 Å². The van der Waals surface area contributed by atoms with Gasteiger partial charge in [-0.15, -0.1) is 0 Å². The summed E-state index contributed by atoms with van der Waals surface area (Å²) in [5, 5.41) is 11.2. The summed E-state index contributed by atoms with van der Waals surface area (Å²) in [7, 11) is 0. The van der Waals surface area contributed by atoms with Crippen molar-refractivity contribution in [2.24, 2.45) is 40.4 Å². The van der Waals surface area contributed by atoms with Crippen LogP contribution < -0.4 is 0 Å². The van der Waals surface area contributed by atoms with Crippen molar-refractivity contribution in [1.82, 2.24) is 0 Å². The first-order valence-electron chi connectivity index (χ1n) is 9.88. The maximum absolute atomic E-state index is 14.1. The SMILES string of the molecule is CC1=C[C@@]23C(=O)C(C4C(C[C@H]2C)C4(C)C)[C@H](O)[C@H](C)[C@H]2OC(=O)O[C@]23C1. The molecule has 4 fully saturated rings. The summed E-state index contributed by atoms with van der Waals surface area (Å²) in [6, 6.07) is 0. The van der Waals surface area contributed by atoms with E-state index in [1.165, 1.54) is 0 Å². The second-order valence-corrected chi connectivity index (χ2v) is 10.1. The molecular formula is C21H28O5. The van der Waals surface area contributed by atoms with E-state index in [0.717, 1.165) is 12.0 Å². The zero-order valence-electron chi connectivity index (χ0n) is 16.1. The fraction of sp³-hybridized carbons (Fsp3) is 0.810. The van der Waals surface area contributed by atoms with Crippen LogP contribution in [0.5, 0.6) is 0 Å². The molecule has 5 heteroatoms. The molecule has 1 heterocycles. The van der Waals surface area contributed by atoms with Gasteiger partial charge in [-0.05, 0) is 36.5 Å². The molecule has 3 unspecified atom stereocenters. The molecule has 142 valence electrons. The predicted molar refractivity (Wildman–Crippen MR) is 93.1 cm³/mol. The first kappa shape index (κ1) is 16.8. The Kier molecular flexibility index (Phi) is 2.93. The van der Waals surface area contributed by atoms with Crippen LogP contribution in [0.15, 0.2) is 11.6 Å². The van der Waals surface area contributed by atoms with Crippen LogP contribution in [0, 0.1) is 40.4 Å². The van der Waals surface area contributed by atoms with Crippen molar-refractivity contribution in [3.05, 3.63) is 11.6 Å². The van der Waals surface area contributed by atoms with Gasteiger partial charge >= 0.3 is 6.16 Å². The number of rotatable bonds is 0. The normalized spacial score (nSPS) is 56.2. The van der Waals surface area contributed by atoms with Crippen molar-refractivity contribution < 1.29 is 24.2 Å². The molecular weight excluding hydrogens is 332 g/mol. The van der Waals surface area contributed by atoms with Gasteiger partial charge in [-0.25, -0.2) is 4.79 Å². The molecule has 1 aliphatic heterocycles. The molecule has 0 aromatic heterocycles. The predicted octanol–water partition coefficient (Wildman–Crippen LogP) is 3.10. The molecule has 1 saturated heterocycles. The van der Waals surface area contributed by atoms with E-state index in [2.05, 4.69) is 26.8 Å². The molecule has 5 aliphatic rings. The lowest BCUT2D eigenvalue weighted by atomic mass is 9.59. The maximum atomic E-state index is 14.1. The summed E-state index contributed by atoms with van der Waals surface area (Å²) in [6.07, 6.45) is 1.39. The molecule has 0 aromatic rings. The monoisotopic (exact) mass is 360 g/mol. The summed E-state index contributed by atoms with van der Waals surface area (Å²) in [4.78, 5) is 26.3. The van der Waals surface area contributed by atoms with Crippen LogP contribution in [0.2, 0.25) is 0 Å². The number of fused-ring (bicyclic) bond motifs is 3.